The van der Waals surface area contributed by atoms with Gasteiger partial charge < -0.3 is 15.5 Å². The first-order chi connectivity index (χ1) is 10.7. The van der Waals surface area contributed by atoms with E-state index in [0.29, 0.717) is 6.04 Å². The smallest absolute Gasteiger partial charge is 0.319 e. The fourth-order valence-corrected chi connectivity index (χ4v) is 2.88. The lowest BCUT2D eigenvalue weighted by atomic mass is 10.2. The highest BCUT2D eigenvalue weighted by molar-refractivity contribution is 5.89. The summed E-state index contributed by atoms with van der Waals surface area (Å²) < 4.78 is 0. The van der Waals surface area contributed by atoms with Crippen molar-refractivity contribution >= 4 is 17.4 Å². The van der Waals surface area contributed by atoms with E-state index < -0.39 is 0 Å². The molecule has 1 saturated heterocycles. The second-order valence-corrected chi connectivity index (χ2v) is 6.25. The van der Waals surface area contributed by atoms with Gasteiger partial charge in [-0.1, -0.05) is 6.92 Å². The Morgan fingerprint density at radius 2 is 1.82 bits per heavy atom. The van der Waals surface area contributed by atoms with Crippen LogP contribution < -0.4 is 15.5 Å². The van der Waals surface area contributed by atoms with Crippen molar-refractivity contribution in [2.75, 3.05) is 42.9 Å². The van der Waals surface area contributed by atoms with Crippen molar-refractivity contribution in [3.8, 4) is 0 Å². The molecule has 5 nitrogen and oxygen atoms in total. The molecule has 2 aliphatic rings. The van der Waals surface area contributed by atoms with Crippen LogP contribution in [0.15, 0.2) is 24.3 Å². The van der Waals surface area contributed by atoms with Crippen LogP contribution >= 0.6 is 0 Å². The van der Waals surface area contributed by atoms with E-state index in [2.05, 4.69) is 39.5 Å². The standard InChI is InChI=1S/C17H26N4O/c1-2-9-20-10-12-21(13-11-20)16-7-5-15(6-8-16)19-17(22)18-14-3-4-14/h5-8,14H,2-4,9-13H2,1H3,(H2,18,19,22). The quantitative estimate of drug-likeness (QED) is 0.878. The molecule has 0 spiro atoms. The van der Waals surface area contributed by atoms with Gasteiger partial charge in [0, 0.05) is 43.6 Å². The molecule has 0 unspecified atom stereocenters. The molecule has 0 bridgehead atoms. The molecule has 1 aromatic carbocycles. The van der Waals surface area contributed by atoms with Crippen molar-refractivity contribution in [2.24, 2.45) is 0 Å². The summed E-state index contributed by atoms with van der Waals surface area (Å²) in [6, 6.07) is 8.47. The monoisotopic (exact) mass is 302 g/mol. The predicted octanol–water partition coefficient (Wildman–Crippen LogP) is 2.50. The Balaban J connectivity index is 1.49. The molecule has 22 heavy (non-hydrogen) atoms. The van der Waals surface area contributed by atoms with Crippen molar-refractivity contribution in [3.63, 3.8) is 0 Å². The first-order valence-corrected chi connectivity index (χ1v) is 8.39. The third-order valence-corrected chi connectivity index (χ3v) is 4.32. The zero-order valence-corrected chi connectivity index (χ0v) is 13.3. The summed E-state index contributed by atoms with van der Waals surface area (Å²) in [5.74, 6) is 0. The Bertz CT molecular complexity index is 490. The van der Waals surface area contributed by atoms with Gasteiger partial charge >= 0.3 is 6.03 Å². The number of rotatable bonds is 5. The van der Waals surface area contributed by atoms with Crippen molar-refractivity contribution in [1.82, 2.24) is 10.2 Å². The number of nitrogens with one attached hydrogen (secondary N) is 2. The number of nitrogens with zero attached hydrogens (tertiary/aromatic N) is 2. The van der Waals surface area contributed by atoms with Gasteiger partial charge in [-0.15, -0.1) is 0 Å². The molecular formula is C17H26N4O. The van der Waals surface area contributed by atoms with Gasteiger partial charge in [0.15, 0.2) is 0 Å². The Morgan fingerprint density at radius 3 is 2.41 bits per heavy atom. The Hall–Kier alpha value is -1.75. The van der Waals surface area contributed by atoms with Gasteiger partial charge in [0.25, 0.3) is 0 Å². The van der Waals surface area contributed by atoms with Crippen molar-refractivity contribution < 1.29 is 4.79 Å². The molecule has 0 aromatic heterocycles. The van der Waals surface area contributed by atoms with Crippen LogP contribution in [0.3, 0.4) is 0 Å². The highest BCUT2D eigenvalue weighted by Gasteiger charge is 2.23. The van der Waals surface area contributed by atoms with Crippen LogP contribution in [-0.2, 0) is 0 Å². The van der Waals surface area contributed by atoms with Crippen molar-refractivity contribution in [2.45, 2.75) is 32.2 Å². The fourth-order valence-electron chi connectivity index (χ4n) is 2.88. The van der Waals surface area contributed by atoms with E-state index in [1.165, 1.54) is 18.7 Å². The maximum atomic E-state index is 11.7. The van der Waals surface area contributed by atoms with E-state index in [4.69, 9.17) is 0 Å². The Labute approximate surface area is 132 Å². The van der Waals surface area contributed by atoms with E-state index in [-0.39, 0.29) is 6.03 Å². The molecule has 1 saturated carbocycles. The molecular weight excluding hydrogens is 276 g/mol. The number of carbonyl (C=O) groups is 1. The van der Waals surface area contributed by atoms with Crippen LogP contribution in [0.4, 0.5) is 16.2 Å². The molecule has 5 heteroatoms. The summed E-state index contributed by atoms with van der Waals surface area (Å²) in [4.78, 5) is 16.6. The third kappa shape index (κ3) is 4.13. The van der Waals surface area contributed by atoms with Gasteiger partial charge in [-0.25, -0.2) is 4.79 Å². The SMILES string of the molecule is CCCN1CCN(c2ccc(NC(=O)NC3CC3)cc2)CC1. The zero-order chi connectivity index (χ0) is 15.4. The molecule has 2 amide bonds. The Kier molecular flexibility index (Phi) is 4.83. The fraction of sp³-hybridized carbons (Fsp3) is 0.588. The molecule has 3 rings (SSSR count). The molecule has 2 N–H and O–H groups in total. The Morgan fingerprint density at radius 1 is 1.14 bits per heavy atom. The van der Waals surface area contributed by atoms with Crippen LogP contribution in [-0.4, -0.2) is 49.7 Å². The van der Waals surface area contributed by atoms with Crippen LogP contribution in [0, 0.1) is 0 Å². The summed E-state index contributed by atoms with van der Waals surface area (Å²) in [7, 11) is 0. The van der Waals surface area contributed by atoms with E-state index in [1.54, 1.807) is 0 Å². The zero-order valence-electron chi connectivity index (χ0n) is 13.3. The van der Waals surface area contributed by atoms with E-state index >= 15 is 0 Å². The predicted molar refractivity (Wildman–Crippen MR) is 90.6 cm³/mol. The third-order valence-electron chi connectivity index (χ3n) is 4.32. The van der Waals surface area contributed by atoms with Gasteiger partial charge in [-0.2, -0.15) is 0 Å². The lowest BCUT2D eigenvalue weighted by Gasteiger charge is -2.36. The first kappa shape index (κ1) is 15.2. The lowest BCUT2D eigenvalue weighted by molar-refractivity contribution is 0.251. The minimum atomic E-state index is -0.0940. The van der Waals surface area contributed by atoms with Gasteiger partial charge in [-0.3, -0.25) is 4.90 Å². The van der Waals surface area contributed by atoms with E-state index in [0.717, 1.165) is 44.7 Å². The van der Waals surface area contributed by atoms with Crippen LogP contribution in [0.2, 0.25) is 0 Å². The highest BCUT2D eigenvalue weighted by atomic mass is 16.2. The summed E-state index contributed by atoms with van der Waals surface area (Å²) in [5.41, 5.74) is 2.09. The average molecular weight is 302 g/mol. The van der Waals surface area contributed by atoms with Crippen LogP contribution in [0.25, 0.3) is 0 Å². The molecule has 1 aliphatic heterocycles. The van der Waals surface area contributed by atoms with Gasteiger partial charge in [0.2, 0.25) is 0 Å². The topological polar surface area (TPSA) is 47.6 Å². The molecule has 2 fully saturated rings. The number of anilines is 2. The summed E-state index contributed by atoms with van der Waals surface area (Å²) >= 11 is 0. The van der Waals surface area contributed by atoms with E-state index in [1.807, 2.05) is 12.1 Å². The second-order valence-electron chi connectivity index (χ2n) is 6.25. The molecule has 0 atom stereocenters. The minimum Gasteiger partial charge on any atom is -0.369 e. The lowest BCUT2D eigenvalue weighted by Crippen LogP contribution is -2.46. The molecule has 120 valence electrons. The highest BCUT2D eigenvalue weighted by Crippen LogP contribution is 2.21. The maximum Gasteiger partial charge on any atom is 0.319 e. The minimum absolute atomic E-state index is 0.0940. The summed E-state index contributed by atoms with van der Waals surface area (Å²) in [6.07, 6.45) is 3.44. The molecule has 0 radical (unpaired) electrons. The van der Waals surface area contributed by atoms with Gasteiger partial charge in [0.05, 0.1) is 0 Å². The summed E-state index contributed by atoms with van der Waals surface area (Å²) in [6.45, 7) is 7.86. The van der Waals surface area contributed by atoms with Gasteiger partial charge in [-0.05, 0) is 50.1 Å². The van der Waals surface area contributed by atoms with E-state index in [9.17, 15) is 4.79 Å². The number of hydrogen-bond donors (Lipinski definition) is 2. The molecule has 1 aromatic rings. The average Bonchev–Trinajstić information content (AvgIpc) is 3.33. The van der Waals surface area contributed by atoms with Crippen LogP contribution in [0.5, 0.6) is 0 Å². The molecule has 1 heterocycles. The van der Waals surface area contributed by atoms with Crippen molar-refractivity contribution in [3.05, 3.63) is 24.3 Å². The first-order valence-electron chi connectivity index (χ1n) is 8.39. The number of piperazine rings is 1. The number of urea groups is 1. The van der Waals surface area contributed by atoms with Gasteiger partial charge in [0.1, 0.15) is 0 Å². The van der Waals surface area contributed by atoms with Crippen molar-refractivity contribution in [1.29, 1.82) is 0 Å². The normalized spacial score (nSPS) is 19.0. The number of hydrogen-bond acceptors (Lipinski definition) is 3. The number of benzene rings is 1. The number of amides is 2. The molecule has 1 aliphatic carbocycles. The maximum absolute atomic E-state index is 11.7. The number of carbonyl (C=O) groups excluding carboxylic acids is 1. The largest absolute Gasteiger partial charge is 0.369 e. The van der Waals surface area contributed by atoms with Crippen LogP contribution in [0.1, 0.15) is 26.2 Å². The summed E-state index contributed by atoms with van der Waals surface area (Å²) in [5, 5.41) is 5.82. The second kappa shape index (κ2) is 7.01.